The van der Waals surface area contributed by atoms with Crippen LogP contribution in [0.25, 0.3) is 16.8 Å². The van der Waals surface area contributed by atoms with Crippen molar-refractivity contribution in [3.63, 3.8) is 0 Å². The van der Waals surface area contributed by atoms with Crippen LogP contribution in [0.1, 0.15) is 53.7 Å². The molecular formula is C26H28ClN5O2. The van der Waals surface area contributed by atoms with Crippen LogP contribution in [0, 0.1) is 19.8 Å². The molecular weight excluding hydrogens is 450 g/mol. The minimum absolute atomic E-state index is 0.0227. The van der Waals surface area contributed by atoms with Crippen molar-refractivity contribution in [2.24, 2.45) is 5.92 Å². The van der Waals surface area contributed by atoms with E-state index in [2.05, 4.69) is 22.1 Å². The highest BCUT2D eigenvalue weighted by Crippen LogP contribution is 2.30. The van der Waals surface area contributed by atoms with Crippen LogP contribution in [0.15, 0.2) is 47.0 Å². The number of nitrogens with zero attached hydrogens (tertiary/aromatic N) is 5. The number of rotatable bonds is 5. The first kappa shape index (κ1) is 22.6. The molecule has 4 aromatic rings. The van der Waals surface area contributed by atoms with Gasteiger partial charge in [-0.3, -0.25) is 4.79 Å². The fourth-order valence-electron chi connectivity index (χ4n) is 4.87. The zero-order valence-corrected chi connectivity index (χ0v) is 20.4. The molecule has 34 heavy (non-hydrogen) atoms. The molecule has 0 saturated carbocycles. The molecule has 0 bridgehead atoms. The molecule has 5 rings (SSSR count). The molecule has 3 heterocycles. The number of likely N-dealkylation sites (tertiary alicyclic amines) is 1. The third kappa shape index (κ3) is 4.44. The molecule has 0 spiro atoms. The van der Waals surface area contributed by atoms with E-state index in [4.69, 9.17) is 16.0 Å². The van der Waals surface area contributed by atoms with E-state index in [9.17, 15) is 4.79 Å². The summed E-state index contributed by atoms with van der Waals surface area (Å²) in [6.07, 6.45) is 5.23. The Morgan fingerprint density at radius 2 is 2.06 bits per heavy atom. The van der Waals surface area contributed by atoms with Gasteiger partial charge in [0.15, 0.2) is 11.5 Å². The van der Waals surface area contributed by atoms with Crippen molar-refractivity contribution in [1.29, 1.82) is 0 Å². The van der Waals surface area contributed by atoms with Gasteiger partial charge < -0.3 is 9.32 Å². The quantitative estimate of drug-likeness (QED) is 0.376. The number of aromatic nitrogens is 4. The minimum Gasteiger partial charge on any atom is -0.441 e. The van der Waals surface area contributed by atoms with E-state index in [-0.39, 0.29) is 11.9 Å². The molecule has 1 aliphatic heterocycles. The maximum absolute atomic E-state index is 13.9. The smallest absolute Gasteiger partial charge is 0.256 e. The Hall–Kier alpha value is -3.19. The Balaban J connectivity index is 1.41. The van der Waals surface area contributed by atoms with E-state index >= 15 is 0 Å². The maximum atomic E-state index is 13.9. The predicted molar refractivity (Wildman–Crippen MR) is 131 cm³/mol. The van der Waals surface area contributed by atoms with Gasteiger partial charge in [-0.05, 0) is 69.4 Å². The van der Waals surface area contributed by atoms with Crippen LogP contribution in [0.5, 0.6) is 0 Å². The van der Waals surface area contributed by atoms with Crippen molar-refractivity contribution in [3.8, 4) is 5.69 Å². The van der Waals surface area contributed by atoms with E-state index in [0.717, 1.165) is 48.2 Å². The van der Waals surface area contributed by atoms with Gasteiger partial charge in [0.2, 0.25) is 0 Å². The van der Waals surface area contributed by atoms with E-state index in [1.807, 2.05) is 49.1 Å². The molecule has 8 heteroatoms. The van der Waals surface area contributed by atoms with Crippen LogP contribution in [0.2, 0.25) is 5.02 Å². The van der Waals surface area contributed by atoms with Crippen molar-refractivity contribution in [2.45, 2.75) is 52.5 Å². The predicted octanol–water partition coefficient (Wildman–Crippen LogP) is 5.55. The molecule has 0 unspecified atom stereocenters. The van der Waals surface area contributed by atoms with Gasteiger partial charge in [0.25, 0.3) is 5.91 Å². The number of fused-ring (bicyclic) bond motifs is 1. The second-order valence-electron chi connectivity index (χ2n) is 9.24. The van der Waals surface area contributed by atoms with Gasteiger partial charge in [0.05, 0.1) is 23.1 Å². The number of aryl methyl sites for hydroxylation is 3. The second-order valence-corrected chi connectivity index (χ2v) is 9.68. The third-order valence-corrected chi connectivity index (χ3v) is 6.86. The number of amides is 1. The van der Waals surface area contributed by atoms with Crippen molar-refractivity contribution < 1.29 is 9.21 Å². The first-order chi connectivity index (χ1) is 16.4. The monoisotopic (exact) mass is 477 g/mol. The lowest BCUT2D eigenvalue weighted by Gasteiger charge is -2.40. The zero-order valence-electron chi connectivity index (χ0n) is 19.7. The van der Waals surface area contributed by atoms with Gasteiger partial charge >= 0.3 is 0 Å². The molecule has 1 aliphatic rings. The number of oxazole rings is 1. The Bertz CT molecular complexity index is 1340. The maximum Gasteiger partial charge on any atom is 0.256 e. The molecule has 7 nitrogen and oxygen atoms in total. The summed E-state index contributed by atoms with van der Waals surface area (Å²) >= 11 is 6.09. The topological polar surface area (TPSA) is 77.1 Å². The normalized spacial score (nSPS) is 18.5. The summed E-state index contributed by atoms with van der Waals surface area (Å²) in [5.41, 5.74) is 4.67. The van der Waals surface area contributed by atoms with E-state index in [1.165, 1.54) is 0 Å². The fourth-order valence-corrected chi connectivity index (χ4v) is 5.04. The van der Waals surface area contributed by atoms with Crippen LogP contribution in [-0.2, 0) is 6.42 Å². The van der Waals surface area contributed by atoms with Crippen molar-refractivity contribution in [1.82, 2.24) is 24.9 Å². The highest BCUT2D eigenvalue weighted by Gasteiger charge is 2.33. The number of carbonyl (C=O) groups is 1. The van der Waals surface area contributed by atoms with Gasteiger partial charge in [-0.1, -0.05) is 30.2 Å². The number of hydrogen-bond acceptors (Lipinski definition) is 5. The molecule has 2 aromatic carbocycles. The largest absolute Gasteiger partial charge is 0.441 e. The van der Waals surface area contributed by atoms with Gasteiger partial charge in [0, 0.05) is 24.0 Å². The Labute approximate surface area is 203 Å². The zero-order chi connectivity index (χ0) is 23.8. The van der Waals surface area contributed by atoms with Crippen molar-refractivity contribution in [3.05, 3.63) is 70.3 Å². The van der Waals surface area contributed by atoms with Crippen LogP contribution in [-0.4, -0.2) is 43.4 Å². The van der Waals surface area contributed by atoms with Crippen molar-refractivity contribution >= 4 is 28.6 Å². The lowest BCUT2D eigenvalue weighted by atomic mass is 9.87. The Kier molecular flexibility index (Phi) is 6.13. The number of halogens is 1. The lowest BCUT2D eigenvalue weighted by molar-refractivity contribution is 0.0495. The number of carbonyl (C=O) groups excluding carboxylic acids is 1. The van der Waals surface area contributed by atoms with Crippen LogP contribution >= 0.6 is 11.6 Å². The van der Waals surface area contributed by atoms with Gasteiger partial charge in [-0.2, -0.15) is 15.0 Å². The van der Waals surface area contributed by atoms with Gasteiger partial charge in [-0.25, -0.2) is 4.98 Å². The molecule has 0 N–H and O–H groups in total. The van der Waals surface area contributed by atoms with Crippen molar-refractivity contribution in [2.75, 3.05) is 6.54 Å². The first-order valence-corrected chi connectivity index (χ1v) is 12.1. The molecule has 2 aromatic heterocycles. The summed E-state index contributed by atoms with van der Waals surface area (Å²) in [6, 6.07) is 11.4. The first-order valence-electron chi connectivity index (χ1n) is 11.7. The minimum atomic E-state index is 0.0227. The summed E-state index contributed by atoms with van der Waals surface area (Å²) in [4.78, 5) is 22.1. The standard InChI is InChI=1S/C26H28ClN5O2/c1-16-6-8-23(32-28-15-18(3)30-32)20(13-16)26(33)31-12-4-5-17(2)22(31)9-11-25-29-21-14-19(27)7-10-24(21)34-25/h6-8,10,13-15,17,22H,4-5,9,11-12H2,1-3H3/t17-,22-/m1/s1. The van der Waals surface area contributed by atoms with E-state index < -0.39 is 0 Å². The molecule has 0 radical (unpaired) electrons. The summed E-state index contributed by atoms with van der Waals surface area (Å²) < 4.78 is 5.93. The number of benzene rings is 2. The highest BCUT2D eigenvalue weighted by atomic mass is 35.5. The van der Waals surface area contributed by atoms with Crippen LogP contribution in [0.3, 0.4) is 0 Å². The second kappa shape index (κ2) is 9.22. The fraction of sp³-hybridized carbons (Fsp3) is 0.385. The molecule has 0 aliphatic carbocycles. The summed E-state index contributed by atoms with van der Waals surface area (Å²) in [5, 5.41) is 9.43. The molecule has 2 atom stereocenters. The molecule has 176 valence electrons. The van der Waals surface area contributed by atoms with Gasteiger partial charge in [-0.15, -0.1) is 0 Å². The average Bonchev–Trinajstić information content (AvgIpc) is 3.43. The Morgan fingerprint density at radius 3 is 2.85 bits per heavy atom. The van der Waals surface area contributed by atoms with Crippen LogP contribution in [0.4, 0.5) is 0 Å². The molecule has 1 saturated heterocycles. The van der Waals surface area contributed by atoms with E-state index in [0.29, 0.717) is 34.5 Å². The molecule has 1 fully saturated rings. The Morgan fingerprint density at radius 1 is 1.21 bits per heavy atom. The van der Waals surface area contributed by atoms with Crippen LogP contribution < -0.4 is 0 Å². The molecule has 1 amide bonds. The summed E-state index contributed by atoms with van der Waals surface area (Å²) in [7, 11) is 0. The van der Waals surface area contributed by atoms with E-state index in [1.54, 1.807) is 17.1 Å². The summed E-state index contributed by atoms with van der Waals surface area (Å²) in [5.74, 6) is 1.08. The highest BCUT2D eigenvalue weighted by molar-refractivity contribution is 6.31. The van der Waals surface area contributed by atoms with Gasteiger partial charge in [0.1, 0.15) is 5.52 Å². The number of hydrogen-bond donors (Lipinski definition) is 0. The summed E-state index contributed by atoms with van der Waals surface area (Å²) in [6.45, 7) is 6.85. The SMILES string of the molecule is Cc1ccc(-n2ncc(C)n2)c(C(=O)N2CCC[C@@H](C)[C@H]2CCc2nc3cc(Cl)ccc3o2)c1. The lowest BCUT2D eigenvalue weighted by Crippen LogP contribution is -2.48. The average molecular weight is 478 g/mol. The number of piperidine rings is 1. The third-order valence-electron chi connectivity index (χ3n) is 6.63.